The summed E-state index contributed by atoms with van der Waals surface area (Å²) in [4.78, 5) is 23.1. The van der Waals surface area contributed by atoms with E-state index in [9.17, 15) is 18.0 Å². The number of nitrogens with zero attached hydrogens (tertiary/aromatic N) is 3. The molecular weight excluding hydrogens is 329 g/mol. The topological polar surface area (TPSA) is 91.3 Å². The number of anilines is 1. The predicted molar refractivity (Wildman–Crippen MR) is 78.1 cm³/mol. The third-order valence-electron chi connectivity index (χ3n) is 4.21. The minimum atomic E-state index is -4.52. The molecule has 7 nitrogen and oxygen atoms in total. The van der Waals surface area contributed by atoms with Gasteiger partial charge in [0.1, 0.15) is 23.5 Å². The number of carbonyl (C=O) groups is 1. The lowest BCUT2D eigenvalue weighted by Crippen LogP contribution is -2.60. The first kappa shape index (κ1) is 16.5. The Morgan fingerprint density at radius 3 is 2.88 bits per heavy atom. The summed E-state index contributed by atoms with van der Waals surface area (Å²) in [5, 5.41) is 9.42. The summed E-state index contributed by atoms with van der Waals surface area (Å²) >= 11 is 0. The molecule has 3 rings (SSSR count). The number of aromatic carboxylic acids is 1. The number of fused-ring (bicyclic) bond motifs is 1. The first-order valence-electron chi connectivity index (χ1n) is 7.30. The molecule has 1 aliphatic rings. The van der Waals surface area contributed by atoms with Gasteiger partial charge >= 0.3 is 12.1 Å². The maximum Gasteiger partial charge on any atom is 0.419 e. The number of alkyl halides is 3. The van der Waals surface area contributed by atoms with Gasteiger partial charge in [-0.15, -0.1) is 0 Å². The van der Waals surface area contributed by atoms with Gasteiger partial charge in [0.15, 0.2) is 5.60 Å². The minimum Gasteiger partial charge on any atom is -0.477 e. The molecule has 2 N–H and O–H groups in total. The highest BCUT2D eigenvalue weighted by molar-refractivity contribution is 5.96. The summed E-state index contributed by atoms with van der Waals surface area (Å²) in [6.45, 7) is 1.13. The average Bonchev–Trinajstić information content (AvgIpc) is 2.98. The lowest BCUT2D eigenvalue weighted by molar-refractivity contribution is -0.280. The van der Waals surface area contributed by atoms with Gasteiger partial charge in [-0.05, 0) is 12.5 Å². The molecule has 130 valence electrons. The summed E-state index contributed by atoms with van der Waals surface area (Å²) < 4.78 is 45.4. The molecule has 0 amide bonds. The van der Waals surface area contributed by atoms with Crippen molar-refractivity contribution in [3.05, 3.63) is 18.1 Å². The molecule has 1 unspecified atom stereocenters. The van der Waals surface area contributed by atoms with Crippen LogP contribution in [0.2, 0.25) is 0 Å². The molecule has 1 fully saturated rings. The van der Waals surface area contributed by atoms with Crippen LogP contribution in [0, 0.1) is 0 Å². The van der Waals surface area contributed by atoms with Gasteiger partial charge in [0.2, 0.25) is 0 Å². The highest BCUT2D eigenvalue weighted by Gasteiger charge is 2.57. The van der Waals surface area contributed by atoms with Crippen LogP contribution < -0.4 is 4.90 Å². The number of carboxylic acid groups (broad SMARTS) is 1. The lowest BCUT2D eigenvalue weighted by Gasteiger charge is -2.43. The second-order valence-electron chi connectivity index (χ2n) is 5.56. The van der Waals surface area contributed by atoms with Gasteiger partial charge in [0.05, 0.1) is 18.5 Å². The number of aromatic amines is 1. The molecule has 0 spiro atoms. The van der Waals surface area contributed by atoms with Crippen molar-refractivity contribution in [3.8, 4) is 0 Å². The third kappa shape index (κ3) is 2.56. The molecule has 1 atom stereocenters. The molecule has 10 heteroatoms. The molecule has 0 aromatic carbocycles. The van der Waals surface area contributed by atoms with E-state index in [1.165, 1.54) is 24.2 Å². The van der Waals surface area contributed by atoms with Crippen LogP contribution in [0.15, 0.2) is 12.4 Å². The van der Waals surface area contributed by atoms with Gasteiger partial charge in [-0.3, -0.25) is 0 Å². The summed E-state index contributed by atoms with van der Waals surface area (Å²) in [7, 11) is 0. The number of nitrogens with one attached hydrogen (secondary N) is 1. The summed E-state index contributed by atoms with van der Waals surface area (Å²) in [5.41, 5.74) is -2.11. The Morgan fingerprint density at radius 1 is 1.50 bits per heavy atom. The maximum atomic E-state index is 13.4. The second kappa shape index (κ2) is 5.62. The van der Waals surface area contributed by atoms with E-state index in [4.69, 9.17) is 9.84 Å². The smallest absolute Gasteiger partial charge is 0.419 e. The van der Waals surface area contributed by atoms with E-state index in [1.807, 2.05) is 0 Å². The monoisotopic (exact) mass is 344 g/mol. The van der Waals surface area contributed by atoms with Crippen molar-refractivity contribution < 1.29 is 27.8 Å². The van der Waals surface area contributed by atoms with E-state index in [1.54, 1.807) is 0 Å². The van der Waals surface area contributed by atoms with E-state index in [0.717, 1.165) is 0 Å². The highest BCUT2D eigenvalue weighted by atomic mass is 19.4. The number of hydrogen-bond acceptors (Lipinski definition) is 5. The Morgan fingerprint density at radius 2 is 2.25 bits per heavy atom. The van der Waals surface area contributed by atoms with Crippen molar-refractivity contribution >= 4 is 22.8 Å². The fourth-order valence-electron chi connectivity index (χ4n) is 2.84. The fraction of sp³-hybridized carbons (Fsp3) is 0.500. The molecule has 3 heterocycles. The van der Waals surface area contributed by atoms with Crippen molar-refractivity contribution in [2.45, 2.75) is 25.1 Å². The highest BCUT2D eigenvalue weighted by Crippen LogP contribution is 2.40. The molecule has 1 aliphatic heterocycles. The predicted octanol–water partition coefficient (Wildman–Crippen LogP) is 2.20. The Kier molecular flexibility index (Phi) is 3.86. The van der Waals surface area contributed by atoms with Crippen LogP contribution in [-0.2, 0) is 4.74 Å². The molecule has 2 aromatic heterocycles. The van der Waals surface area contributed by atoms with E-state index in [-0.39, 0.29) is 36.7 Å². The summed E-state index contributed by atoms with van der Waals surface area (Å²) in [6, 6.07) is 1.32. The van der Waals surface area contributed by atoms with E-state index >= 15 is 0 Å². The van der Waals surface area contributed by atoms with E-state index in [0.29, 0.717) is 5.39 Å². The average molecular weight is 344 g/mol. The molecular formula is C14H15F3N4O3. The first-order valence-corrected chi connectivity index (χ1v) is 7.30. The van der Waals surface area contributed by atoms with Crippen molar-refractivity contribution in [1.82, 2.24) is 15.0 Å². The third-order valence-corrected chi connectivity index (χ3v) is 4.21. The fourth-order valence-corrected chi connectivity index (χ4v) is 2.84. The van der Waals surface area contributed by atoms with Crippen molar-refractivity contribution in [2.75, 3.05) is 24.6 Å². The largest absolute Gasteiger partial charge is 0.477 e. The lowest BCUT2D eigenvalue weighted by atomic mass is 9.97. The SMILES string of the molecule is CCC1(C(F)(F)F)CN(c2ncnc3[nH]c(C(=O)O)cc23)CCO1. The van der Waals surface area contributed by atoms with E-state index < -0.39 is 24.3 Å². The standard InChI is InChI=1S/C14H15F3N4O3/c1-2-13(14(15,16)17)6-21(3-4-24-13)11-8-5-9(12(22)23)20-10(8)18-7-19-11/h5,7H,2-4,6H2,1H3,(H,22,23)(H,18,19,20). The van der Waals surface area contributed by atoms with Gasteiger partial charge in [0, 0.05) is 6.54 Å². The number of hydrogen-bond donors (Lipinski definition) is 2. The zero-order valence-corrected chi connectivity index (χ0v) is 12.7. The zero-order valence-electron chi connectivity index (χ0n) is 12.7. The number of carboxylic acids is 1. The van der Waals surface area contributed by atoms with Crippen LogP contribution in [0.5, 0.6) is 0 Å². The van der Waals surface area contributed by atoms with Gasteiger partial charge in [-0.25, -0.2) is 14.8 Å². The molecule has 0 saturated carbocycles. The van der Waals surface area contributed by atoms with Gasteiger partial charge in [-0.1, -0.05) is 6.92 Å². The van der Waals surface area contributed by atoms with Gasteiger partial charge < -0.3 is 19.7 Å². The van der Waals surface area contributed by atoms with Crippen LogP contribution in [0.3, 0.4) is 0 Å². The zero-order chi connectivity index (χ0) is 17.5. The van der Waals surface area contributed by atoms with Crippen molar-refractivity contribution in [1.29, 1.82) is 0 Å². The molecule has 0 bridgehead atoms. The number of morpholine rings is 1. The maximum absolute atomic E-state index is 13.4. The normalized spacial score (nSPS) is 22.1. The molecule has 0 radical (unpaired) electrons. The van der Waals surface area contributed by atoms with Gasteiger partial charge in [0.25, 0.3) is 0 Å². The molecule has 0 aliphatic carbocycles. The van der Waals surface area contributed by atoms with E-state index in [2.05, 4.69) is 15.0 Å². The Balaban J connectivity index is 2.02. The van der Waals surface area contributed by atoms with Gasteiger partial charge in [-0.2, -0.15) is 13.2 Å². The molecule has 24 heavy (non-hydrogen) atoms. The second-order valence-corrected chi connectivity index (χ2v) is 5.56. The quantitative estimate of drug-likeness (QED) is 0.887. The molecule has 2 aromatic rings. The Bertz CT molecular complexity index is 776. The van der Waals surface area contributed by atoms with Crippen molar-refractivity contribution in [3.63, 3.8) is 0 Å². The number of aromatic nitrogens is 3. The van der Waals surface area contributed by atoms with Crippen LogP contribution in [-0.4, -0.2) is 57.5 Å². The molecule has 1 saturated heterocycles. The number of halogens is 3. The van der Waals surface area contributed by atoms with Crippen LogP contribution in [0.1, 0.15) is 23.8 Å². The number of H-pyrrole nitrogens is 1. The summed E-state index contributed by atoms with van der Waals surface area (Å²) in [6.07, 6.45) is -3.55. The van der Waals surface area contributed by atoms with Crippen LogP contribution in [0.25, 0.3) is 11.0 Å². The van der Waals surface area contributed by atoms with Crippen LogP contribution >= 0.6 is 0 Å². The summed E-state index contributed by atoms with van der Waals surface area (Å²) in [5.74, 6) is -0.923. The Hall–Kier alpha value is -2.36. The van der Waals surface area contributed by atoms with Crippen molar-refractivity contribution in [2.24, 2.45) is 0 Å². The number of rotatable bonds is 3. The Labute approximate surface area is 134 Å². The van der Waals surface area contributed by atoms with Crippen LogP contribution in [0.4, 0.5) is 19.0 Å². The minimum absolute atomic E-state index is 0.0995. The first-order chi connectivity index (χ1) is 11.3. The number of ether oxygens (including phenoxy) is 1.